The Morgan fingerprint density at radius 3 is 2.42 bits per heavy atom. The molecule has 0 bridgehead atoms. The quantitative estimate of drug-likeness (QED) is 0.658. The summed E-state index contributed by atoms with van der Waals surface area (Å²) in [5, 5.41) is 0. The van der Waals surface area contributed by atoms with Crippen LogP contribution in [0.5, 0.6) is 0 Å². The predicted octanol–water partition coefficient (Wildman–Crippen LogP) is 3.56. The number of carbonyl (C=O) groups is 1. The van der Waals surface area contributed by atoms with E-state index in [0.29, 0.717) is 11.3 Å². The molecule has 0 unspecified atom stereocenters. The summed E-state index contributed by atoms with van der Waals surface area (Å²) in [7, 11) is 0. The molecule has 0 atom stereocenters. The Hall–Kier alpha value is -2.16. The molecule has 1 aromatic heterocycles. The molecule has 0 saturated carbocycles. The van der Waals surface area contributed by atoms with Gasteiger partial charge in [-0.25, -0.2) is 0 Å². The fourth-order valence-electron chi connectivity index (χ4n) is 1.83. The van der Waals surface area contributed by atoms with Gasteiger partial charge in [-0.1, -0.05) is 32.9 Å². The van der Waals surface area contributed by atoms with Gasteiger partial charge < -0.3 is 5.73 Å². The minimum Gasteiger partial charge on any atom is -0.399 e. The molecule has 98 valence electrons. The van der Waals surface area contributed by atoms with Crippen molar-refractivity contribution in [3.63, 3.8) is 0 Å². The maximum Gasteiger partial charge on any atom is 0.169 e. The number of rotatable bonds is 2. The minimum atomic E-state index is -0.389. The highest BCUT2D eigenvalue weighted by atomic mass is 16.1. The van der Waals surface area contributed by atoms with E-state index >= 15 is 0 Å². The molecule has 1 aromatic carbocycles. The molecular weight excluding hydrogens is 236 g/mol. The van der Waals surface area contributed by atoms with Crippen LogP contribution in [0.3, 0.4) is 0 Å². The first-order valence-electron chi connectivity index (χ1n) is 6.25. The molecule has 0 aliphatic rings. The molecule has 0 amide bonds. The molecular formula is C16H18N2O. The van der Waals surface area contributed by atoms with E-state index < -0.39 is 0 Å². The van der Waals surface area contributed by atoms with E-state index in [9.17, 15) is 4.79 Å². The Balaban J connectivity index is 2.31. The van der Waals surface area contributed by atoms with E-state index in [4.69, 9.17) is 5.73 Å². The Morgan fingerprint density at radius 2 is 1.89 bits per heavy atom. The molecule has 0 aliphatic heterocycles. The average molecular weight is 254 g/mol. The van der Waals surface area contributed by atoms with Gasteiger partial charge in [0.2, 0.25) is 0 Å². The summed E-state index contributed by atoms with van der Waals surface area (Å²) >= 11 is 0. The fraction of sp³-hybridized carbons (Fsp3) is 0.250. The third kappa shape index (κ3) is 2.99. The van der Waals surface area contributed by atoms with Gasteiger partial charge in [0.15, 0.2) is 5.78 Å². The van der Waals surface area contributed by atoms with Crippen LogP contribution in [0.4, 0.5) is 5.69 Å². The zero-order chi connectivity index (χ0) is 14.0. The first-order chi connectivity index (χ1) is 8.88. The number of pyridine rings is 1. The van der Waals surface area contributed by atoms with Crippen molar-refractivity contribution in [3.8, 4) is 11.3 Å². The van der Waals surface area contributed by atoms with Gasteiger partial charge in [0, 0.05) is 28.4 Å². The molecule has 0 radical (unpaired) electrons. The molecule has 3 heteroatoms. The first-order valence-corrected chi connectivity index (χ1v) is 6.25. The molecule has 0 spiro atoms. The number of nitrogens with two attached hydrogens (primary N) is 1. The van der Waals surface area contributed by atoms with Crippen LogP contribution in [0.1, 0.15) is 31.1 Å². The standard InChI is InChI=1S/C16H18N2O/c1-16(2,3)15(19)12-7-8-14(18-10-12)11-5-4-6-13(17)9-11/h4-10H,17H2,1-3H3. The van der Waals surface area contributed by atoms with Crippen molar-refractivity contribution in [2.24, 2.45) is 5.41 Å². The second kappa shape index (κ2) is 4.84. The Bertz CT molecular complexity index is 595. The fourth-order valence-corrected chi connectivity index (χ4v) is 1.83. The molecule has 0 fully saturated rings. The number of aromatic nitrogens is 1. The highest BCUT2D eigenvalue weighted by Crippen LogP contribution is 2.23. The van der Waals surface area contributed by atoms with E-state index in [1.165, 1.54) is 0 Å². The molecule has 0 saturated heterocycles. The van der Waals surface area contributed by atoms with Crippen molar-refractivity contribution in [3.05, 3.63) is 48.2 Å². The van der Waals surface area contributed by atoms with E-state index in [-0.39, 0.29) is 11.2 Å². The molecule has 2 aromatic rings. The monoisotopic (exact) mass is 254 g/mol. The van der Waals surface area contributed by atoms with Gasteiger partial charge in [-0.3, -0.25) is 9.78 Å². The Labute approximate surface area is 113 Å². The van der Waals surface area contributed by atoms with Crippen LogP contribution in [-0.4, -0.2) is 10.8 Å². The number of Topliss-reactive ketones (excluding diaryl/α,β-unsaturated/α-hetero) is 1. The van der Waals surface area contributed by atoms with E-state index in [1.807, 2.05) is 57.2 Å². The van der Waals surface area contributed by atoms with Gasteiger partial charge in [0.1, 0.15) is 0 Å². The lowest BCUT2D eigenvalue weighted by Crippen LogP contribution is -2.20. The number of hydrogen-bond acceptors (Lipinski definition) is 3. The number of hydrogen-bond donors (Lipinski definition) is 1. The Kier molecular flexibility index (Phi) is 3.38. The molecule has 1 heterocycles. The lowest BCUT2D eigenvalue weighted by atomic mass is 9.87. The SMILES string of the molecule is CC(C)(C)C(=O)c1ccc(-c2cccc(N)c2)nc1. The Morgan fingerprint density at radius 1 is 1.16 bits per heavy atom. The number of ketones is 1. The largest absolute Gasteiger partial charge is 0.399 e. The zero-order valence-electron chi connectivity index (χ0n) is 11.5. The van der Waals surface area contributed by atoms with Gasteiger partial charge in [-0.2, -0.15) is 0 Å². The van der Waals surface area contributed by atoms with Crippen molar-refractivity contribution in [1.82, 2.24) is 4.98 Å². The smallest absolute Gasteiger partial charge is 0.169 e. The maximum absolute atomic E-state index is 12.1. The molecule has 2 N–H and O–H groups in total. The summed E-state index contributed by atoms with van der Waals surface area (Å²) < 4.78 is 0. The lowest BCUT2D eigenvalue weighted by molar-refractivity contribution is 0.0858. The van der Waals surface area contributed by atoms with Crippen molar-refractivity contribution in [2.45, 2.75) is 20.8 Å². The number of carbonyl (C=O) groups excluding carboxylic acids is 1. The molecule has 0 aliphatic carbocycles. The third-order valence-electron chi connectivity index (χ3n) is 2.89. The predicted molar refractivity (Wildman–Crippen MR) is 77.9 cm³/mol. The van der Waals surface area contributed by atoms with Gasteiger partial charge in [-0.05, 0) is 24.3 Å². The van der Waals surface area contributed by atoms with Crippen LogP contribution < -0.4 is 5.73 Å². The van der Waals surface area contributed by atoms with Gasteiger partial charge in [0.05, 0.1) is 5.69 Å². The number of nitrogen functional groups attached to an aromatic ring is 1. The zero-order valence-corrected chi connectivity index (χ0v) is 11.5. The van der Waals surface area contributed by atoms with Crippen LogP contribution in [0, 0.1) is 5.41 Å². The molecule has 19 heavy (non-hydrogen) atoms. The minimum absolute atomic E-state index is 0.0964. The second-order valence-corrected chi connectivity index (χ2v) is 5.64. The molecule has 2 rings (SSSR count). The van der Waals surface area contributed by atoms with E-state index in [2.05, 4.69) is 4.98 Å². The van der Waals surface area contributed by atoms with Crippen LogP contribution in [0.25, 0.3) is 11.3 Å². The highest BCUT2D eigenvalue weighted by molar-refractivity contribution is 5.99. The van der Waals surface area contributed by atoms with Crippen molar-refractivity contribution in [1.29, 1.82) is 0 Å². The van der Waals surface area contributed by atoms with Crippen LogP contribution in [0.2, 0.25) is 0 Å². The summed E-state index contributed by atoms with van der Waals surface area (Å²) in [6, 6.07) is 11.2. The normalized spacial score (nSPS) is 11.3. The van der Waals surface area contributed by atoms with Crippen LogP contribution in [-0.2, 0) is 0 Å². The van der Waals surface area contributed by atoms with Crippen molar-refractivity contribution < 1.29 is 4.79 Å². The second-order valence-electron chi connectivity index (χ2n) is 5.64. The van der Waals surface area contributed by atoms with E-state index in [0.717, 1.165) is 11.3 Å². The average Bonchev–Trinajstić information content (AvgIpc) is 2.37. The van der Waals surface area contributed by atoms with Crippen LogP contribution >= 0.6 is 0 Å². The van der Waals surface area contributed by atoms with Crippen LogP contribution in [0.15, 0.2) is 42.6 Å². The van der Waals surface area contributed by atoms with Gasteiger partial charge >= 0.3 is 0 Å². The number of anilines is 1. The van der Waals surface area contributed by atoms with Crippen molar-refractivity contribution >= 4 is 11.5 Å². The first kappa shape index (κ1) is 13.3. The van der Waals surface area contributed by atoms with Crippen molar-refractivity contribution in [2.75, 3.05) is 5.73 Å². The lowest BCUT2D eigenvalue weighted by Gasteiger charge is -2.16. The topological polar surface area (TPSA) is 56.0 Å². The number of benzene rings is 1. The highest BCUT2D eigenvalue weighted by Gasteiger charge is 2.22. The van der Waals surface area contributed by atoms with E-state index in [1.54, 1.807) is 6.20 Å². The number of nitrogens with zero attached hydrogens (tertiary/aromatic N) is 1. The summed E-state index contributed by atoms with van der Waals surface area (Å²) in [6.45, 7) is 5.71. The summed E-state index contributed by atoms with van der Waals surface area (Å²) in [6.07, 6.45) is 1.63. The third-order valence-corrected chi connectivity index (χ3v) is 2.89. The summed E-state index contributed by atoms with van der Waals surface area (Å²) in [5.41, 5.74) is 8.47. The summed E-state index contributed by atoms with van der Waals surface area (Å²) in [4.78, 5) is 16.5. The molecule has 3 nitrogen and oxygen atoms in total. The maximum atomic E-state index is 12.1. The van der Waals surface area contributed by atoms with Gasteiger partial charge in [0.25, 0.3) is 0 Å². The van der Waals surface area contributed by atoms with Gasteiger partial charge in [-0.15, -0.1) is 0 Å². The summed E-state index contributed by atoms with van der Waals surface area (Å²) in [5.74, 6) is 0.0964.